The van der Waals surface area contributed by atoms with Crippen molar-refractivity contribution >= 4 is 38.8 Å². The van der Waals surface area contributed by atoms with Crippen LogP contribution in [0, 0.1) is 0 Å². The minimum absolute atomic E-state index is 0.224. The number of hydrogen-bond acceptors (Lipinski definition) is 2. The smallest absolute Gasteiger partial charge is 0.160 e. The summed E-state index contributed by atoms with van der Waals surface area (Å²) >= 11 is 0. The van der Waals surface area contributed by atoms with Crippen LogP contribution < -0.4 is 0 Å². The molecule has 7 aromatic carbocycles. The summed E-state index contributed by atoms with van der Waals surface area (Å²) in [6.07, 6.45) is 6.79. The van der Waals surface area contributed by atoms with Crippen LogP contribution in [-0.2, 0) is 11.8 Å². The molecular weight excluding hydrogens is 717 g/mol. The first-order chi connectivity index (χ1) is 29.0. The summed E-state index contributed by atoms with van der Waals surface area (Å²) in [5.41, 5.74) is 18.8. The third-order valence-corrected chi connectivity index (χ3v) is 12.8. The fourth-order valence-electron chi connectivity index (χ4n) is 9.98. The molecule has 3 heterocycles. The summed E-state index contributed by atoms with van der Waals surface area (Å²) < 4.78 is 4.98. The van der Waals surface area contributed by atoms with Crippen LogP contribution in [0.2, 0.25) is 0 Å². The summed E-state index contributed by atoms with van der Waals surface area (Å²) in [5, 5.41) is 3.81. The zero-order valence-electron chi connectivity index (χ0n) is 33.0. The third kappa shape index (κ3) is 5.09. The molecular formula is C55H40N4. The highest BCUT2D eigenvalue weighted by atomic mass is 15.0. The lowest BCUT2D eigenvalue weighted by Gasteiger charge is -2.22. The normalized spacial score (nSPS) is 13.9. The second kappa shape index (κ2) is 12.9. The Morgan fingerprint density at radius 2 is 1.10 bits per heavy atom. The maximum absolute atomic E-state index is 5.29. The molecule has 59 heavy (non-hydrogen) atoms. The van der Waals surface area contributed by atoms with E-state index in [1.807, 2.05) is 24.3 Å². The predicted molar refractivity (Wildman–Crippen MR) is 244 cm³/mol. The van der Waals surface area contributed by atoms with Crippen molar-refractivity contribution in [3.8, 4) is 56.4 Å². The Labute approximate surface area is 343 Å². The van der Waals surface area contributed by atoms with Gasteiger partial charge < -0.3 is 9.13 Å². The van der Waals surface area contributed by atoms with Crippen molar-refractivity contribution in [3.05, 3.63) is 198 Å². The molecule has 0 bridgehead atoms. The Hall–Kier alpha value is -7.30. The molecule has 4 heteroatoms. The standard InChI is InChI=1S/C55H40N4/c1-55(2)45-32-52-43(38-24-12-15-27-49(38)58(52)37-22-10-5-11-23-37)30-41(45)42-31-44-39-25-13-16-28-50(39)59(53(44)33-46(42)55)51-29-17-14-26-40(51)48-34-47(35-18-6-3-7-19-35)56-54(57-48)36-20-8-4-9-21-36/h3-14,16-26,28-34H,15,27H2,1-2H3. The molecule has 280 valence electrons. The number of rotatable bonds is 5. The zero-order chi connectivity index (χ0) is 39.2. The minimum atomic E-state index is -0.224. The number of aromatic nitrogens is 4. The van der Waals surface area contributed by atoms with Gasteiger partial charge in [-0.2, -0.15) is 0 Å². The van der Waals surface area contributed by atoms with Gasteiger partial charge >= 0.3 is 0 Å². The van der Waals surface area contributed by atoms with Crippen LogP contribution in [0.3, 0.4) is 0 Å². The van der Waals surface area contributed by atoms with Crippen LogP contribution in [0.1, 0.15) is 42.7 Å². The summed E-state index contributed by atoms with van der Waals surface area (Å²) in [7, 11) is 0. The van der Waals surface area contributed by atoms with E-state index in [2.05, 4.69) is 181 Å². The second-order valence-corrected chi connectivity index (χ2v) is 16.5. The van der Waals surface area contributed by atoms with E-state index >= 15 is 0 Å². The van der Waals surface area contributed by atoms with Crippen molar-refractivity contribution in [2.24, 2.45) is 0 Å². The topological polar surface area (TPSA) is 35.6 Å². The Kier molecular flexibility index (Phi) is 7.37. The Bertz CT molecular complexity index is 3270. The molecule has 0 aliphatic heterocycles. The Balaban J connectivity index is 1.09. The van der Waals surface area contributed by atoms with Crippen molar-refractivity contribution in [2.45, 2.75) is 32.1 Å². The van der Waals surface area contributed by atoms with Gasteiger partial charge in [-0.25, -0.2) is 9.97 Å². The number of nitrogens with zero attached hydrogens (tertiary/aromatic N) is 4. The van der Waals surface area contributed by atoms with Gasteiger partial charge in [0, 0.05) is 55.2 Å². The van der Waals surface area contributed by atoms with Crippen LogP contribution in [0.5, 0.6) is 0 Å². The molecule has 4 nitrogen and oxygen atoms in total. The van der Waals surface area contributed by atoms with E-state index in [9.17, 15) is 0 Å². The van der Waals surface area contributed by atoms with E-state index in [1.54, 1.807) is 0 Å². The minimum Gasteiger partial charge on any atom is -0.313 e. The molecule has 0 spiro atoms. The highest BCUT2D eigenvalue weighted by molar-refractivity contribution is 6.12. The zero-order valence-corrected chi connectivity index (χ0v) is 33.0. The quantitative estimate of drug-likeness (QED) is 0.175. The van der Waals surface area contributed by atoms with Gasteiger partial charge in [0.15, 0.2) is 5.82 Å². The van der Waals surface area contributed by atoms with Crippen molar-refractivity contribution in [2.75, 3.05) is 0 Å². The lowest BCUT2D eigenvalue weighted by molar-refractivity contribution is 0.661. The van der Waals surface area contributed by atoms with Crippen LogP contribution in [0.15, 0.2) is 176 Å². The first kappa shape index (κ1) is 33.8. The maximum atomic E-state index is 5.29. The van der Waals surface area contributed by atoms with Gasteiger partial charge in [0.1, 0.15) is 0 Å². The van der Waals surface area contributed by atoms with Gasteiger partial charge in [-0.05, 0) is 89.7 Å². The van der Waals surface area contributed by atoms with E-state index in [4.69, 9.17) is 9.97 Å². The average molecular weight is 757 g/mol. The monoisotopic (exact) mass is 756 g/mol. The summed E-state index contributed by atoms with van der Waals surface area (Å²) in [4.78, 5) is 10.4. The molecule has 3 aromatic heterocycles. The summed E-state index contributed by atoms with van der Waals surface area (Å²) in [6, 6.07) is 61.3. The second-order valence-electron chi connectivity index (χ2n) is 16.5. The van der Waals surface area contributed by atoms with Gasteiger partial charge in [0.25, 0.3) is 0 Å². The molecule has 0 unspecified atom stereocenters. The lowest BCUT2D eigenvalue weighted by Crippen LogP contribution is -2.15. The first-order valence-corrected chi connectivity index (χ1v) is 20.6. The van der Waals surface area contributed by atoms with Gasteiger partial charge in [-0.15, -0.1) is 0 Å². The molecule has 0 amide bonds. The largest absolute Gasteiger partial charge is 0.313 e. The molecule has 0 atom stereocenters. The lowest BCUT2D eigenvalue weighted by atomic mass is 9.82. The van der Waals surface area contributed by atoms with E-state index < -0.39 is 0 Å². The first-order valence-electron chi connectivity index (χ1n) is 20.6. The maximum Gasteiger partial charge on any atom is 0.160 e. The molecule has 0 radical (unpaired) electrons. The van der Waals surface area contributed by atoms with Crippen molar-refractivity contribution in [1.82, 2.24) is 19.1 Å². The highest BCUT2D eigenvalue weighted by Gasteiger charge is 2.38. The van der Waals surface area contributed by atoms with E-state index in [1.165, 1.54) is 71.9 Å². The molecule has 2 aliphatic carbocycles. The fraction of sp³-hybridized carbons (Fsp3) is 0.0909. The number of hydrogen-bond donors (Lipinski definition) is 0. The molecule has 0 N–H and O–H groups in total. The van der Waals surface area contributed by atoms with Crippen LogP contribution in [-0.4, -0.2) is 19.1 Å². The average Bonchev–Trinajstić information content (AvgIpc) is 3.88. The Morgan fingerprint density at radius 3 is 1.86 bits per heavy atom. The highest BCUT2D eigenvalue weighted by Crippen LogP contribution is 2.53. The summed E-state index contributed by atoms with van der Waals surface area (Å²) in [5.74, 6) is 0.709. The van der Waals surface area contributed by atoms with E-state index in [-0.39, 0.29) is 5.41 Å². The number of benzene rings is 7. The van der Waals surface area contributed by atoms with Crippen molar-refractivity contribution in [3.63, 3.8) is 0 Å². The van der Waals surface area contributed by atoms with Gasteiger partial charge in [-0.3, -0.25) is 0 Å². The SMILES string of the molecule is CC1(C)c2cc3c(cc2-c2cc4c5ccccc5n(-c5ccccc5-c5cc(-c6ccccc6)nc(-c6ccccc6)n5)c4cc21)c1c(n3-c2ccccc2)CCC=C1. The predicted octanol–water partition coefficient (Wildman–Crippen LogP) is 13.8. The van der Waals surface area contributed by atoms with Gasteiger partial charge in [0.2, 0.25) is 0 Å². The summed E-state index contributed by atoms with van der Waals surface area (Å²) in [6.45, 7) is 4.81. The fourth-order valence-corrected chi connectivity index (χ4v) is 9.98. The van der Waals surface area contributed by atoms with Crippen molar-refractivity contribution < 1.29 is 0 Å². The van der Waals surface area contributed by atoms with E-state index in [0.29, 0.717) is 5.82 Å². The number of fused-ring (bicyclic) bond motifs is 9. The number of allylic oxidation sites excluding steroid dienone is 1. The van der Waals surface area contributed by atoms with Gasteiger partial charge in [-0.1, -0.05) is 141 Å². The molecule has 0 saturated carbocycles. The van der Waals surface area contributed by atoms with Gasteiger partial charge in [0.05, 0.1) is 33.6 Å². The molecule has 10 aromatic rings. The van der Waals surface area contributed by atoms with Crippen molar-refractivity contribution in [1.29, 1.82) is 0 Å². The number of para-hydroxylation sites is 3. The van der Waals surface area contributed by atoms with Crippen LogP contribution in [0.4, 0.5) is 0 Å². The van der Waals surface area contributed by atoms with Crippen LogP contribution >= 0.6 is 0 Å². The molecule has 0 saturated heterocycles. The molecule has 12 rings (SSSR count). The molecule has 2 aliphatic rings. The molecule has 0 fully saturated rings. The van der Waals surface area contributed by atoms with Crippen LogP contribution in [0.25, 0.3) is 95.2 Å². The third-order valence-electron chi connectivity index (χ3n) is 12.8. The Morgan fingerprint density at radius 1 is 0.492 bits per heavy atom. The van der Waals surface area contributed by atoms with E-state index in [0.717, 1.165) is 46.6 Å².